The zero-order chi connectivity index (χ0) is 14.5. The first-order chi connectivity index (χ1) is 10.3. The van der Waals surface area contributed by atoms with Crippen LogP contribution >= 0.6 is 0 Å². The lowest BCUT2D eigenvalue weighted by Gasteiger charge is -2.36. The van der Waals surface area contributed by atoms with Crippen LogP contribution < -0.4 is 0 Å². The lowest BCUT2D eigenvalue weighted by molar-refractivity contribution is -0.153. The topological polar surface area (TPSA) is 54.9 Å². The van der Waals surface area contributed by atoms with Gasteiger partial charge in [-0.25, -0.2) is 0 Å². The Hall–Kier alpha value is -1.50. The van der Waals surface area contributed by atoms with Crippen LogP contribution in [0.15, 0.2) is 24.5 Å². The van der Waals surface area contributed by atoms with Crippen LogP contribution in [0.5, 0.6) is 0 Å². The Morgan fingerprint density at radius 1 is 1.29 bits per heavy atom. The maximum atomic E-state index is 12.5. The molecule has 0 spiro atoms. The summed E-state index contributed by atoms with van der Waals surface area (Å²) < 4.78 is 11.0. The number of hydrogen-bond donors (Lipinski definition) is 0. The van der Waals surface area contributed by atoms with Crippen molar-refractivity contribution >= 4 is 5.91 Å². The largest absolute Gasteiger partial charge is 0.378 e. The molecule has 0 radical (unpaired) electrons. The maximum Gasteiger partial charge on any atom is 0.253 e. The van der Waals surface area contributed by atoms with E-state index in [1.165, 1.54) is 0 Å². The highest BCUT2D eigenvalue weighted by Crippen LogP contribution is 2.12. The zero-order valence-electron chi connectivity index (χ0n) is 12.1. The van der Waals surface area contributed by atoms with E-state index in [4.69, 9.17) is 9.47 Å². The molecule has 2 aliphatic rings. The Kier molecular flexibility index (Phi) is 4.80. The van der Waals surface area contributed by atoms with Crippen LogP contribution in [0.2, 0.25) is 0 Å². The second-order valence-corrected chi connectivity index (χ2v) is 5.39. The second-order valence-electron chi connectivity index (χ2n) is 5.39. The summed E-state index contributed by atoms with van der Waals surface area (Å²) in [6.45, 7) is 5.48. The number of amides is 1. The molecule has 0 N–H and O–H groups in total. The van der Waals surface area contributed by atoms with Crippen LogP contribution in [-0.2, 0) is 20.8 Å². The van der Waals surface area contributed by atoms with E-state index in [2.05, 4.69) is 16.0 Å². The standard InChI is InChI=1S/C15H21N3O3/c19-15(18-5-7-20-8-6-18)14-12-17(4-9-21-14)11-13-2-1-3-16-10-13/h1-3,10,14H,4-9,11-12H2. The first-order valence-electron chi connectivity index (χ1n) is 7.42. The van der Waals surface area contributed by atoms with Gasteiger partial charge in [-0.1, -0.05) is 6.07 Å². The molecule has 6 nitrogen and oxygen atoms in total. The van der Waals surface area contributed by atoms with Gasteiger partial charge in [0, 0.05) is 45.1 Å². The fourth-order valence-corrected chi connectivity index (χ4v) is 2.73. The molecule has 1 atom stereocenters. The smallest absolute Gasteiger partial charge is 0.253 e. The quantitative estimate of drug-likeness (QED) is 0.793. The second kappa shape index (κ2) is 6.98. The third-order valence-corrected chi connectivity index (χ3v) is 3.88. The number of carbonyl (C=O) groups excluding carboxylic acids is 1. The first kappa shape index (κ1) is 14.4. The summed E-state index contributed by atoms with van der Waals surface area (Å²) in [4.78, 5) is 20.7. The highest BCUT2D eigenvalue weighted by atomic mass is 16.5. The molecule has 1 aromatic heterocycles. The van der Waals surface area contributed by atoms with E-state index in [-0.39, 0.29) is 12.0 Å². The fraction of sp³-hybridized carbons (Fsp3) is 0.600. The van der Waals surface area contributed by atoms with Crippen molar-refractivity contribution in [1.82, 2.24) is 14.8 Å². The molecular weight excluding hydrogens is 270 g/mol. The number of hydrogen-bond acceptors (Lipinski definition) is 5. The maximum absolute atomic E-state index is 12.5. The molecule has 3 heterocycles. The number of rotatable bonds is 3. The van der Waals surface area contributed by atoms with E-state index in [0.29, 0.717) is 39.5 Å². The minimum absolute atomic E-state index is 0.0918. The molecule has 6 heteroatoms. The lowest BCUT2D eigenvalue weighted by atomic mass is 10.2. The summed E-state index contributed by atoms with van der Waals surface area (Å²) in [7, 11) is 0. The van der Waals surface area contributed by atoms with Crippen molar-refractivity contribution in [2.45, 2.75) is 12.6 Å². The molecule has 2 saturated heterocycles. The molecular formula is C15H21N3O3. The Morgan fingerprint density at radius 3 is 2.90 bits per heavy atom. The van der Waals surface area contributed by atoms with Crippen LogP contribution in [0, 0.1) is 0 Å². The summed E-state index contributed by atoms with van der Waals surface area (Å²) in [6.07, 6.45) is 3.29. The molecule has 2 aliphatic heterocycles. The minimum atomic E-state index is -0.353. The van der Waals surface area contributed by atoms with E-state index in [1.54, 1.807) is 6.20 Å². The summed E-state index contributed by atoms with van der Waals surface area (Å²) >= 11 is 0. The molecule has 3 rings (SSSR count). The molecule has 1 aromatic rings. The monoisotopic (exact) mass is 291 g/mol. The Labute approximate surface area is 124 Å². The molecule has 114 valence electrons. The summed E-state index contributed by atoms with van der Waals surface area (Å²) in [5.74, 6) is 0.0918. The SMILES string of the molecule is O=C(C1CN(Cc2cccnc2)CCO1)N1CCOCC1. The van der Waals surface area contributed by atoms with Gasteiger partial charge in [-0.05, 0) is 11.6 Å². The van der Waals surface area contributed by atoms with Gasteiger partial charge in [-0.15, -0.1) is 0 Å². The van der Waals surface area contributed by atoms with Crippen LogP contribution in [0.3, 0.4) is 0 Å². The number of morpholine rings is 2. The fourth-order valence-electron chi connectivity index (χ4n) is 2.73. The number of pyridine rings is 1. The zero-order valence-corrected chi connectivity index (χ0v) is 12.1. The molecule has 0 aliphatic carbocycles. The van der Waals surface area contributed by atoms with Gasteiger partial charge in [0.25, 0.3) is 5.91 Å². The molecule has 0 aromatic carbocycles. The van der Waals surface area contributed by atoms with Crippen molar-refractivity contribution in [3.8, 4) is 0 Å². The Morgan fingerprint density at radius 2 is 2.14 bits per heavy atom. The van der Waals surface area contributed by atoms with Gasteiger partial charge in [0.1, 0.15) is 6.10 Å². The van der Waals surface area contributed by atoms with Gasteiger partial charge < -0.3 is 14.4 Å². The van der Waals surface area contributed by atoms with E-state index in [0.717, 1.165) is 18.7 Å². The van der Waals surface area contributed by atoms with Gasteiger partial charge in [-0.3, -0.25) is 14.7 Å². The van der Waals surface area contributed by atoms with E-state index in [9.17, 15) is 4.79 Å². The molecule has 1 amide bonds. The number of nitrogens with zero attached hydrogens (tertiary/aromatic N) is 3. The molecule has 0 saturated carbocycles. The normalized spacial score (nSPS) is 24.0. The van der Waals surface area contributed by atoms with E-state index >= 15 is 0 Å². The van der Waals surface area contributed by atoms with Crippen LogP contribution in [0.4, 0.5) is 0 Å². The number of ether oxygens (including phenoxy) is 2. The predicted molar refractivity (Wildman–Crippen MR) is 76.7 cm³/mol. The Bertz CT molecular complexity index is 462. The van der Waals surface area contributed by atoms with Crippen molar-refractivity contribution in [1.29, 1.82) is 0 Å². The van der Waals surface area contributed by atoms with Crippen LogP contribution in [0.25, 0.3) is 0 Å². The summed E-state index contributed by atoms with van der Waals surface area (Å²) in [6, 6.07) is 3.99. The van der Waals surface area contributed by atoms with Crippen molar-refractivity contribution in [3.05, 3.63) is 30.1 Å². The summed E-state index contributed by atoms with van der Waals surface area (Å²) in [5, 5.41) is 0. The minimum Gasteiger partial charge on any atom is -0.378 e. The number of aromatic nitrogens is 1. The predicted octanol–water partition coefficient (Wildman–Crippen LogP) is 0.141. The molecule has 21 heavy (non-hydrogen) atoms. The molecule has 0 bridgehead atoms. The van der Waals surface area contributed by atoms with Crippen molar-refractivity contribution in [2.24, 2.45) is 0 Å². The van der Waals surface area contributed by atoms with Crippen LogP contribution in [0.1, 0.15) is 5.56 Å². The van der Waals surface area contributed by atoms with Gasteiger partial charge in [0.15, 0.2) is 0 Å². The highest BCUT2D eigenvalue weighted by Gasteiger charge is 2.30. The van der Waals surface area contributed by atoms with Gasteiger partial charge in [-0.2, -0.15) is 0 Å². The van der Waals surface area contributed by atoms with Crippen molar-refractivity contribution in [3.63, 3.8) is 0 Å². The number of carbonyl (C=O) groups is 1. The Balaban J connectivity index is 1.56. The van der Waals surface area contributed by atoms with Crippen LogP contribution in [-0.4, -0.2) is 72.8 Å². The van der Waals surface area contributed by atoms with Gasteiger partial charge >= 0.3 is 0 Å². The molecule has 2 fully saturated rings. The third kappa shape index (κ3) is 3.78. The van der Waals surface area contributed by atoms with E-state index in [1.807, 2.05) is 17.2 Å². The molecule has 1 unspecified atom stereocenters. The average molecular weight is 291 g/mol. The van der Waals surface area contributed by atoms with Gasteiger partial charge in [0.05, 0.1) is 19.8 Å². The van der Waals surface area contributed by atoms with E-state index < -0.39 is 0 Å². The average Bonchev–Trinajstić information content (AvgIpc) is 2.56. The highest BCUT2D eigenvalue weighted by molar-refractivity contribution is 5.81. The third-order valence-electron chi connectivity index (χ3n) is 3.88. The van der Waals surface area contributed by atoms with Crippen molar-refractivity contribution in [2.75, 3.05) is 46.0 Å². The lowest BCUT2D eigenvalue weighted by Crippen LogP contribution is -2.53. The first-order valence-corrected chi connectivity index (χ1v) is 7.42. The van der Waals surface area contributed by atoms with Gasteiger partial charge in [0.2, 0.25) is 0 Å². The summed E-state index contributed by atoms with van der Waals surface area (Å²) in [5.41, 5.74) is 1.16. The van der Waals surface area contributed by atoms with Crippen molar-refractivity contribution < 1.29 is 14.3 Å².